The van der Waals surface area contributed by atoms with E-state index in [1.54, 1.807) is 25.1 Å². The molecule has 7 heteroatoms. The minimum absolute atomic E-state index is 0.132. The number of benzene rings is 1. The lowest BCUT2D eigenvalue weighted by Gasteiger charge is -2.09. The van der Waals surface area contributed by atoms with Gasteiger partial charge in [-0.1, -0.05) is 23.9 Å². The fraction of sp³-hybridized carbons (Fsp3) is 0.154. The number of aromatic nitrogens is 2. The van der Waals surface area contributed by atoms with Crippen LogP contribution in [0.5, 0.6) is 0 Å². The number of para-hydroxylation sites is 1. The Kier molecular flexibility index (Phi) is 4.62. The molecular weight excluding hydrogens is 284 g/mol. The van der Waals surface area contributed by atoms with Gasteiger partial charge >= 0.3 is 0 Å². The summed E-state index contributed by atoms with van der Waals surface area (Å²) in [6.07, 6.45) is 2.81. The Hall–Kier alpha value is -2.02. The average Bonchev–Trinajstić information content (AvgIpc) is 2.41. The van der Waals surface area contributed by atoms with Crippen LogP contribution in [0.1, 0.15) is 16.2 Å². The molecule has 1 heterocycles. The number of halogens is 2. The summed E-state index contributed by atoms with van der Waals surface area (Å²) in [5, 5.41) is 2.56. The molecule has 104 valence electrons. The van der Waals surface area contributed by atoms with Gasteiger partial charge < -0.3 is 5.32 Å². The molecule has 0 saturated heterocycles. The SMILES string of the molecule is Cc1cnc(C(=O)Nc2ccccc2SC(F)F)cn1. The molecule has 0 saturated carbocycles. The van der Waals surface area contributed by atoms with Crippen LogP contribution in [-0.2, 0) is 0 Å². The zero-order chi connectivity index (χ0) is 14.5. The Morgan fingerprint density at radius 1 is 1.25 bits per heavy atom. The lowest BCUT2D eigenvalue weighted by Crippen LogP contribution is -2.14. The number of carbonyl (C=O) groups excluding carboxylic acids is 1. The number of carbonyl (C=O) groups is 1. The summed E-state index contributed by atoms with van der Waals surface area (Å²) in [4.78, 5) is 20.2. The summed E-state index contributed by atoms with van der Waals surface area (Å²) in [5.74, 6) is -3.04. The van der Waals surface area contributed by atoms with Crippen molar-refractivity contribution in [3.05, 3.63) is 48.0 Å². The van der Waals surface area contributed by atoms with Crippen LogP contribution >= 0.6 is 11.8 Å². The number of alkyl halides is 2. The Bertz CT molecular complexity index is 605. The van der Waals surface area contributed by atoms with Crippen LogP contribution in [0.3, 0.4) is 0 Å². The average molecular weight is 295 g/mol. The minimum Gasteiger partial charge on any atom is -0.320 e. The molecular formula is C13H11F2N3OS. The van der Waals surface area contributed by atoms with E-state index in [1.807, 2.05) is 0 Å². The number of thioether (sulfide) groups is 1. The summed E-state index contributed by atoms with van der Waals surface area (Å²) >= 11 is 0.381. The lowest BCUT2D eigenvalue weighted by atomic mass is 10.3. The number of amides is 1. The maximum atomic E-state index is 12.4. The van der Waals surface area contributed by atoms with Crippen LogP contribution < -0.4 is 5.32 Å². The van der Waals surface area contributed by atoms with E-state index < -0.39 is 11.7 Å². The highest BCUT2D eigenvalue weighted by atomic mass is 32.2. The molecule has 0 aliphatic heterocycles. The second-order valence-corrected chi connectivity index (χ2v) is 4.90. The van der Waals surface area contributed by atoms with Crippen LogP contribution in [0.15, 0.2) is 41.6 Å². The van der Waals surface area contributed by atoms with Gasteiger partial charge in [-0.05, 0) is 19.1 Å². The molecule has 0 spiro atoms. The van der Waals surface area contributed by atoms with Crippen molar-refractivity contribution >= 4 is 23.4 Å². The third-order valence-electron chi connectivity index (χ3n) is 2.36. The van der Waals surface area contributed by atoms with Gasteiger partial charge in [0.15, 0.2) is 0 Å². The summed E-state index contributed by atoms with van der Waals surface area (Å²) in [7, 11) is 0. The molecule has 1 aromatic heterocycles. The predicted octanol–water partition coefficient (Wildman–Crippen LogP) is 3.35. The highest BCUT2D eigenvalue weighted by Gasteiger charge is 2.13. The predicted molar refractivity (Wildman–Crippen MR) is 73.0 cm³/mol. The topological polar surface area (TPSA) is 54.9 Å². The molecule has 0 aliphatic rings. The summed E-state index contributed by atoms with van der Waals surface area (Å²) in [5.41, 5.74) is 1.15. The highest BCUT2D eigenvalue weighted by Crippen LogP contribution is 2.31. The lowest BCUT2D eigenvalue weighted by molar-refractivity contribution is 0.102. The van der Waals surface area contributed by atoms with E-state index in [2.05, 4.69) is 15.3 Å². The van der Waals surface area contributed by atoms with Crippen molar-refractivity contribution in [2.75, 3.05) is 5.32 Å². The quantitative estimate of drug-likeness (QED) is 0.879. The van der Waals surface area contributed by atoms with Crippen LogP contribution in [0.4, 0.5) is 14.5 Å². The van der Waals surface area contributed by atoms with E-state index in [0.29, 0.717) is 28.0 Å². The maximum absolute atomic E-state index is 12.4. The van der Waals surface area contributed by atoms with Crippen LogP contribution in [-0.4, -0.2) is 21.6 Å². The van der Waals surface area contributed by atoms with Crippen molar-refractivity contribution in [3.63, 3.8) is 0 Å². The van der Waals surface area contributed by atoms with Crippen LogP contribution in [0.2, 0.25) is 0 Å². The second kappa shape index (κ2) is 6.42. The van der Waals surface area contributed by atoms with Crippen LogP contribution in [0.25, 0.3) is 0 Å². The first kappa shape index (κ1) is 14.4. The number of rotatable bonds is 4. The third-order valence-corrected chi connectivity index (χ3v) is 3.15. The van der Waals surface area contributed by atoms with Gasteiger partial charge in [0.1, 0.15) is 5.69 Å². The summed E-state index contributed by atoms with van der Waals surface area (Å²) < 4.78 is 24.9. The Morgan fingerprint density at radius 2 is 2.00 bits per heavy atom. The fourth-order valence-electron chi connectivity index (χ4n) is 1.46. The van der Waals surface area contributed by atoms with Crippen molar-refractivity contribution in [1.82, 2.24) is 9.97 Å². The van der Waals surface area contributed by atoms with Gasteiger partial charge in [0.25, 0.3) is 11.7 Å². The monoisotopic (exact) mass is 295 g/mol. The minimum atomic E-state index is -2.55. The van der Waals surface area contributed by atoms with Gasteiger partial charge in [-0.3, -0.25) is 9.78 Å². The molecule has 4 nitrogen and oxygen atoms in total. The third kappa shape index (κ3) is 3.74. The zero-order valence-electron chi connectivity index (χ0n) is 10.5. The molecule has 2 rings (SSSR count). The molecule has 0 bridgehead atoms. The molecule has 1 N–H and O–H groups in total. The first-order valence-corrected chi connectivity index (χ1v) is 6.58. The van der Waals surface area contributed by atoms with Crippen molar-refractivity contribution in [2.24, 2.45) is 0 Å². The molecule has 0 atom stereocenters. The largest absolute Gasteiger partial charge is 0.320 e. The van der Waals surface area contributed by atoms with E-state index >= 15 is 0 Å². The summed E-state index contributed by atoms with van der Waals surface area (Å²) in [6, 6.07) is 6.37. The molecule has 0 fully saturated rings. The number of nitrogens with one attached hydrogen (secondary N) is 1. The van der Waals surface area contributed by atoms with E-state index in [0.717, 1.165) is 0 Å². The molecule has 20 heavy (non-hydrogen) atoms. The second-order valence-electron chi connectivity index (χ2n) is 3.87. The van der Waals surface area contributed by atoms with E-state index in [9.17, 15) is 13.6 Å². The van der Waals surface area contributed by atoms with Crippen molar-refractivity contribution in [1.29, 1.82) is 0 Å². The highest BCUT2D eigenvalue weighted by molar-refractivity contribution is 7.99. The Morgan fingerprint density at radius 3 is 2.65 bits per heavy atom. The first-order chi connectivity index (χ1) is 9.56. The van der Waals surface area contributed by atoms with Crippen molar-refractivity contribution in [3.8, 4) is 0 Å². The Balaban J connectivity index is 2.17. The molecule has 0 radical (unpaired) electrons. The molecule has 0 unspecified atom stereocenters. The fourth-order valence-corrected chi connectivity index (χ4v) is 2.06. The molecule has 1 amide bonds. The number of anilines is 1. The zero-order valence-corrected chi connectivity index (χ0v) is 11.3. The van der Waals surface area contributed by atoms with E-state index in [4.69, 9.17) is 0 Å². The maximum Gasteiger partial charge on any atom is 0.288 e. The number of nitrogens with zero attached hydrogens (tertiary/aromatic N) is 2. The normalized spacial score (nSPS) is 10.6. The van der Waals surface area contributed by atoms with Gasteiger partial charge in [0.2, 0.25) is 0 Å². The van der Waals surface area contributed by atoms with Crippen molar-refractivity contribution in [2.45, 2.75) is 17.6 Å². The van der Waals surface area contributed by atoms with Gasteiger partial charge in [0, 0.05) is 11.1 Å². The smallest absolute Gasteiger partial charge is 0.288 e. The van der Waals surface area contributed by atoms with Crippen molar-refractivity contribution < 1.29 is 13.6 Å². The van der Waals surface area contributed by atoms with Gasteiger partial charge in [-0.2, -0.15) is 8.78 Å². The standard InChI is InChI=1S/C13H11F2N3OS/c1-8-6-17-10(7-16-8)12(19)18-9-4-2-3-5-11(9)20-13(14)15/h2-7,13H,1H3,(H,18,19). The molecule has 1 aromatic carbocycles. The van der Waals surface area contributed by atoms with E-state index in [-0.39, 0.29) is 5.69 Å². The van der Waals surface area contributed by atoms with Crippen LogP contribution in [0, 0.1) is 6.92 Å². The first-order valence-electron chi connectivity index (χ1n) is 5.70. The number of hydrogen-bond donors (Lipinski definition) is 1. The molecule has 2 aromatic rings. The number of hydrogen-bond acceptors (Lipinski definition) is 4. The van der Waals surface area contributed by atoms with E-state index in [1.165, 1.54) is 18.5 Å². The Labute approximate surface area is 118 Å². The van der Waals surface area contributed by atoms with Gasteiger partial charge in [-0.25, -0.2) is 4.98 Å². The van der Waals surface area contributed by atoms with Gasteiger partial charge in [0.05, 0.1) is 17.6 Å². The molecule has 0 aliphatic carbocycles. The number of aryl methyl sites for hydroxylation is 1. The summed E-state index contributed by atoms with van der Waals surface area (Å²) in [6.45, 7) is 1.75. The van der Waals surface area contributed by atoms with Gasteiger partial charge in [-0.15, -0.1) is 0 Å².